The molecule has 0 aliphatic heterocycles. The summed E-state index contributed by atoms with van der Waals surface area (Å²) in [7, 11) is 0. The van der Waals surface area contributed by atoms with Crippen LogP contribution < -0.4 is 0 Å². The van der Waals surface area contributed by atoms with Crippen molar-refractivity contribution in [1.29, 1.82) is 0 Å². The van der Waals surface area contributed by atoms with Crippen LogP contribution in [0.2, 0.25) is 0 Å². The topological polar surface area (TPSA) is 80.4 Å². The largest absolute Gasteiger partial charge is 0.481 e. The van der Waals surface area contributed by atoms with Gasteiger partial charge in [-0.2, -0.15) is 0 Å². The number of aliphatic carboxylic acids is 1. The lowest BCUT2D eigenvalue weighted by atomic mass is 10.1. The third kappa shape index (κ3) is 23.6. The molecule has 27 heavy (non-hydrogen) atoms. The van der Waals surface area contributed by atoms with E-state index >= 15 is 0 Å². The monoisotopic (exact) mass is 375 g/mol. The Labute approximate surface area is 163 Å². The number of rotatable bonds is 17. The van der Waals surface area contributed by atoms with Gasteiger partial charge in [0.05, 0.1) is 0 Å². The first-order chi connectivity index (χ1) is 13.1. The summed E-state index contributed by atoms with van der Waals surface area (Å²) >= 11 is 0. The zero-order chi connectivity index (χ0) is 20.0. The molecule has 0 rings (SSSR count). The van der Waals surface area contributed by atoms with Crippen LogP contribution in [0.5, 0.6) is 0 Å². The SMILES string of the molecule is O=C(O)CCCCCC=CCC=CCC=CCC=CCC=CCC[N+](=O)[O-]. The van der Waals surface area contributed by atoms with Gasteiger partial charge in [-0.25, -0.2) is 0 Å². The molecule has 0 saturated carbocycles. The molecule has 0 bridgehead atoms. The number of hydrogen-bond acceptors (Lipinski definition) is 3. The Balaban J connectivity index is 3.47. The van der Waals surface area contributed by atoms with Gasteiger partial charge in [0.1, 0.15) is 0 Å². The molecule has 0 unspecified atom stereocenters. The molecule has 0 heterocycles. The highest BCUT2D eigenvalue weighted by Gasteiger charge is 1.94. The third-order valence-corrected chi connectivity index (χ3v) is 3.66. The first kappa shape index (κ1) is 24.6. The minimum Gasteiger partial charge on any atom is -0.481 e. The summed E-state index contributed by atoms with van der Waals surface area (Å²) in [5, 5.41) is 18.7. The van der Waals surface area contributed by atoms with Crippen LogP contribution in [-0.4, -0.2) is 22.5 Å². The average molecular weight is 376 g/mol. The second-order valence-electron chi connectivity index (χ2n) is 6.14. The average Bonchev–Trinajstić information content (AvgIpc) is 2.62. The quantitative estimate of drug-likeness (QED) is 0.146. The van der Waals surface area contributed by atoms with Crippen LogP contribution in [0.15, 0.2) is 60.8 Å². The van der Waals surface area contributed by atoms with E-state index in [4.69, 9.17) is 5.11 Å². The second kappa shape index (κ2) is 19.9. The third-order valence-electron chi connectivity index (χ3n) is 3.66. The minimum atomic E-state index is -0.708. The molecule has 0 amide bonds. The van der Waals surface area contributed by atoms with E-state index in [0.29, 0.717) is 6.42 Å². The first-order valence-corrected chi connectivity index (χ1v) is 9.71. The molecule has 0 aliphatic rings. The highest BCUT2D eigenvalue weighted by atomic mass is 16.6. The fraction of sp³-hybridized carbons (Fsp3) is 0.500. The van der Waals surface area contributed by atoms with Crippen molar-refractivity contribution >= 4 is 5.97 Å². The van der Waals surface area contributed by atoms with E-state index in [1.807, 2.05) is 12.2 Å². The molecule has 0 aromatic carbocycles. The molecule has 150 valence electrons. The molecule has 0 spiro atoms. The predicted octanol–water partition coefficient (Wildman–Crippen LogP) is 6.03. The Bertz CT molecular complexity index is 530. The Kier molecular flexibility index (Phi) is 18.1. The molecule has 5 heteroatoms. The predicted molar refractivity (Wildman–Crippen MR) is 111 cm³/mol. The Morgan fingerprint density at radius 2 is 1.15 bits per heavy atom. The summed E-state index contributed by atoms with van der Waals surface area (Å²) in [6, 6.07) is 0. The summed E-state index contributed by atoms with van der Waals surface area (Å²) in [6.07, 6.45) is 29.0. The second-order valence-corrected chi connectivity index (χ2v) is 6.14. The van der Waals surface area contributed by atoms with Crippen molar-refractivity contribution in [1.82, 2.24) is 0 Å². The van der Waals surface area contributed by atoms with Gasteiger partial charge >= 0.3 is 5.97 Å². The van der Waals surface area contributed by atoms with E-state index in [1.165, 1.54) is 0 Å². The number of nitro groups is 1. The molecule has 0 aromatic heterocycles. The summed E-state index contributed by atoms with van der Waals surface area (Å²) in [4.78, 5) is 20.2. The molecule has 0 radical (unpaired) electrons. The maximum atomic E-state index is 10.4. The lowest BCUT2D eigenvalue weighted by molar-refractivity contribution is -0.478. The fourth-order valence-corrected chi connectivity index (χ4v) is 2.21. The zero-order valence-electron chi connectivity index (χ0n) is 16.2. The van der Waals surface area contributed by atoms with E-state index < -0.39 is 5.97 Å². The van der Waals surface area contributed by atoms with Crippen LogP contribution in [0.4, 0.5) is 0 Å². The molecule has 0 atom stereocenters. The normalized spacial score (nSPS) is 12.4. The van der Waals surface area contributed by atoms with Crippen molar-refractivity contribution < 1.29 is 14.8 Å². The van der Waals surface area contributed by atoms with Gasteiger partial charge in [-0.1, -0.05) is 67.2 Å². The molecule has 0 aromatic rings. The Hall–Kier alpha value is -2.43. The van der Waals surface area contributed by atoms with Crippen molar-refractivity contribution in [3.8, 4) is 0 Å². The van der Waals surface area contributed by atoms with Crippen molar-refractivity contribution in [2.45, 2.75) is 64.2 Å². The van der Waals surface area contributed by atoms with Crippen LogP contribution in [0.1, 0.15) is 64.2 Å². The number of nitrogens with zero attached hydrogens (tertiary/aromatic N) is 1. The van der Waals surface area contributed by atoms with Gasteiger partial charge in [-0.3, -0.25) is 14.9 Å². The van der Waals surface area contributed by atoms with Gasteiger partial charge in [0.25, 0.3) is 0 Å². The lowest BCUT2D eigenvalue weighted by Crippen LogP contribution is -1.97. The summed E-state index contributed by atoms with van der Waals surface area (Å²) in [5.74, 6) is -0.708. The molecule has 5 nitrogen and oxygen atoms in total. The molecule has 1 N–H and O–H groups in total. The van der Waals surface area contributed by atoms with Crippen LogP contribution in [0.3, 0.4) is 0 Å². The molecule has 0 fully saturated rings. The highest BCUT2D eigenvalue weighted by molar-refractivity contribution is 5.66. The maximum absolute atomic E-state index is 10.4. The van der Waals surface area contributed by atoms with Crippen molar-refractivity contribution in [3.63, 3.8) is 0 Å². The summed E-state index contributed by atoms with van der Waals surface area (Å²) in [5.41, 5.74) is 0. The minimum absolute atomic E-state index is 0.000852. The maximum Gasteiger partial charge on any atom is 0.303 e. The highest BCUT2D eigenvalue weighted by Crippen LogP contribution is 2.04. The number of allylic oxidation sites excluding steroid dienone is 9. The molecular formula is C22H33NO4. The van der Waals surface area contributed by atoms with E-state index in [2.05, 4.69) is 48.6 Å². The van der Waals surface area contributed by atoms with Gasteiger partial charge in [0.15, 0.2) is 0 Å². The standard InChI is InChI=1S/C22H33NO4/c24-22(25)20-18-16-14-12-10-8-6-4-2-1-3-5-7-9-11-13-15-17-19-21-23(26)27/h2-5,8-11,15,17H,1,6-7,12-14,16,18-21H2,(H,24,25). The summed E-state index contributed by atoms with van der Waals surface area (Å²) in [6.45, 7) is 0.000852. The number of unbranched alkanes of at least 4 members (excludes halogenated alkanes) is 3. The lowest BCUT2D eigenvalue weighted by Gasteiger charge is -1.94. The van der Waals surface area contributed by atoms with Gasteiger partial charge in [0, 0.05) is 17.8 Å². The Morgan fingerprint density at radius 1 is 0.704 bits per heavy atom. The molecular weight excluding hydrogens is 342 g/mol. The van der Waals surface area contributed by atoms with Crippen molar-refractivity contribution in [3.05, 3.63) is 70.9 Å². The van der Waals surface area contributed by atoms with Crippen LogP contribution in [0, 0.1) is 10.1 Å². The van der Waals surface area contributed by atoms with Crippen LogP contribution in [-0.2, 0) is 4.79 Å². The van der Waals surface area contributed by atoms with Crippen molar-refractivity contribution in [2.24, 2.45) is 0 Å². The molecule has 0 saturated heterocycles. The van der Waals surface area contributed by atoms with E-state index in [9.17, 15) is 14.9 Å². The number of hydrogen-bond donors (Lipinski definition) is 1. The van der Waals surface area contributed by atoms with Gasteiger partial charge < -0.3 is 5.11 Å². The number of carbonyl (C=O) groups is 1. The number of carboxylic acids is 1. The van der Waals surface area contributed by atoms with Crippen molar-refractivity contribution in [2.75, 3.05) is 6.54 Å². The smallest absolute Gasteiger partial charge is 0.303 e. The van der Waals surface area contributed by atoms with Crippen LogP contribution >= 0.6 is 0 Å². The summed E-state index contributed by atoms with van der Waals surface area (Å²) < 4.78 is 0. The van der Waals surface area contributed by atoms with E-state index in [0.717, 1.165) is 51.4 Å². The van der Waals surface area contributed by atoms with Gasteiger partial charge in [-0.15, -0.1) is 0 Å². The van der Waals surface area contributed by atoms with Gasteiger partial charge in [0.2, 0.25) is 6.54 Å². The number of carboxylic acid groups (broad SMARTS) is 1. The van der Waals surface area contributed by atoms with Gasteiger partial charge in [-0.05, 0) is 44.9 Å². The van der Waals surface area contributed by atoms with Crippen LogP contribution in [0.25, 0.3) is 0 Å². The van der Waals surface area contributed by atoms with E-state index in [1.54, 1.807) is 0 Å². The molecule has 0 aliphatic carbocycles. The van der Waals surface area contributed by atoms with E-state index in [-0.39, 0.29) is 17.9 Å². The zero-order valence-corrected chi connectivity index (χ0v) is 16.2. The fourth-order valence-electron chi connectivity index (χ4n) is 2.21. The Morgan fingerprint density at radius 3 is 1.59 bits per heavy atom. The first-order valence-electron chi connectivity index (χ1n) is 9.71.